The molecule has 132 valence electrons. The van der Waals surface area contributed by atoms with E-state index in [9.17, 15) is 14.0 Å². The Labute approximate surface area is 147 Å². The van der Waals surface area contributed by atoms with Crippen LogP contribution in [0.3, 0.4) is 0 Å². The van der Waals surface area contributed by atoms with Crippen LogP contribution >= 0.6 is 0 Å². The van der Waals surface area contributed by atoms with E-state index >= 15 is 0 Å². The third kappa shape index (κ3) is 4.44. The number of benzene rings is 2. The van der Waals surface area contributed by atoms with Crippen LogP contribution < -0.4 is 10.2 Å². The van der Waals surface area contributed by atoms with Crippen LogP contribution in [0.1, 0.15) is 19.4 Å². The largest absolute Gasteiger partial charge is 0.355 e. The Balaban J connectivity index is 1.97. The number of halogens is 1. The first-order valence-electron chi connectivity index (χ1n) is 8.19. The zero-order valence-electron chi connectivity index (χ0n) is 14.8. The molecule has 0 aliphatic carbocycles. The first kappa shape index (κ1) is 18.6. The summed E-state index contributed by atoms with van der Waals surface area (Å²) in [6.07, 6.45) is 0.372. The van der Waals surface area contributed by atoms with Crippen molar-refractivity contribution in [2.45, 2.75) is 20.3 Å². The highest BCUT2D eigenvalue weighted by Gasteiger charge is 2.38. The van der Waals surface area contributed by atoms with Gasteiger partial charge >= 0.3 is 0 Å². The fourth-order valence-corrected chi connectivity index (χ4v) is 2.52. The van der Waals surface area contributed by atoms with E-state index < -0.39 is 5.41 Å². The fraction of sp³-hybridized carbons (Fsp3) is 0.300. The summed E-state index contributed by atoms with van der Waals surface area (Å²) in [4.78, 5) is 26.6. The Morgan fingerprint density at radius 1 is 1.04 bits per heavy atom. The molecule has 0 saturated carbocycles. The Morgan fingerprint density at radius 2 is 1.64 bits per heavy atom. The highest BCUT2D eigenvalue weighted by atomic mass is 19.1. The topological polar surface area (TPSA) is 49.4 Å². The molecule has 2 amide bonds. The summed E-state index contributed by atoms with van der Waals surface area (Å²) < 4.78 is 13.6. The Morgan fingerprint density at radius 3 is 2.28 bits per heavy atom. The summed E-state index contributed by atoms with van der Waals surface area (Å²) in [5.74, 6) is -0.977. The molecule has 5 heteroatoms. The number of amides is 2. The monoisotopic (exact) mass is 342 g/mol. The van der Waals surface area contributed by atoms with Crippen molar-refractivity contribution >= 4 is 17.5 Å². The molecule has 0 heterocycles. The smallest absolute Gasteiger partial charge is 0.241 e. The molecule has 0 atom stereocenters. The molecule has 0 fully saturated rings. The van der Waals surface area contributed by atoms with Crippen molar-refractivity contribution in [2.24, 2.45) is 5.41 Å². The third-order valence-electron chi connectivity index (χ3n) is 4.19. The maximum absolute atomic E-state index is 13.6. The van der Waals surface area contributed by atoms with Crippen molar-refractivity contribution in [1.29, 1.82) is 0 Å². The van der Waals surface area contributed by atoms with Gasteiger partial charge in [-0.05, 0) is 44.0 Å². The van der Waals surface area contributed by atoms with Gasteiger partial charge in [-0.3, -0.25) is 9.59 Å². The van der Waals surface area contributed by atoms with Crippen LogP contribution in [0.2, 0.25) is 0 Å². The number of nitrogens with zero attached hydrogens (tertiary/aromatic N) is 1. The van der Waals surface area contributed by atoms with Crippen molar-refractivity contribution < 1.29 is 14.0 Å². The van der Waals surface area contributed by atoms with E-state index in [1.165, 1.54) is 11.0 Å². The number of carbonyl (C=O) groups excluding carboxylic acids is 2. The molecule has 0 radical (unpaired) electrons. The minimum absolute atomic E-state index is 0.269. The van der Waals surface area contributed by atoms with Crippen molar-refractivity contribution in [2.75, 3.05) is 18.5 Å². The molecule has 2 aromatic carbocycles. The summed E-state index contributed by atoms with van der Waals surface area (Å²) in [7, 11) is 1.64. The van der Waals surface area contributed by atoms with Gasteiger partial charge in [0.25, 0.3) is 0 Å². The standard InChI is InChI=1S/C20H23FN2O2/c1-20(2,19(25)23(3)16-10-5-4-6-11-16)18(24)22-14-13-15-9-7-8-12-17(15)21/h4-12H,13-14H2,1-3H3,(H,22,24). The average Bonchev–Trinajstić information content (AvgIpc) is 2.62. The lowest BCUT2D eigenvalue weighted by molar-refractivity contribution is -0.139. The van der Waals surface area contributed by atoms with Crippen LogP contribution in [-0.4, -0.2) is 25.4 Å². The SMILES string of the molecule is CN(C(=O)C(C)(C)C(=O)NCCc1ccccc1F)c1ccccc1. The van der Waals surface area contributed by atoms with Crippen molar-refractivity contribution in [3.05, 3.63) is 66.0 Å². The molecule has 0 aliphatic rings. The molecule has 0 aromatic heterocycles. The van der Waals surface area contributed by atoms with Gasteiger partial charge in [0.1, 0.15) is 11.2 Å². The quantitative estimate of drug-likeness (QED) is 0.820. The molecule has 0 aliphatic heterocycles. The Bertz CT molecular complexity index is 744. The van der Waals surface area contributed by atoms with E-state index in [1.807, 2.05) is 30.3 Å². The predicted octanol–water partition coefficient (Wildman–Crippen LogP) is 3.17. The molecule has 1 N–H and O–H groups in total. The van der Waals surface area contributed by atoms with E-state index in [-0.39, 0.29) is 24.2 Å². The fourth-order valence-electron chi connectivity index (χ4n) is 2.52. The van der Waals surface area contributed by atoms with Crippen molar-refractivity contribution in [3.8, 4) is 0 Å². The molecular weight excluding hydrogens is 319 g/mol. The van der Waals surface area contributed by atoms with E-state index in [4.69, 9.17) is 0 Å². The lowest BCUT2D eigenvalue weighted by atomic mass is 9.90. The molecule has 2 aromatic rings. The van der Waals surface area contributed by atoms with Gasteiger partial charge in [0.2, 0.25) is 11.8 Å². The van der Waals surface area contributed by atoms with E-state index in [0.717, 1.165) is 5.69 Å². The number of hydrogen-bond acceptors (Lipinski definition) is 2. The molecule has 0 saturated heterocycles. The molecule has 25 heavy (non-hydrogen) atoms. The summed E-state index contributed by atoms with van der Waals surface area (Å²) in [6.45, 7) is 3.45. The second-order valence-corrected chi connectivity index (χ2v) is 6.42. The lowest BCUT2D eigenvalue weighted by Gasteiger charge is -2.28. The van der Waals surface area contributed by atoms with Crippen molar-refractivity contribution in [3.63, 3.8) is 0 Å². The van der Waals surface area contributed by atoms with Gasteiger partial charge in [0.15, 0.2) is 0 Å². The normalized spacial score (nSPS) is 11.0. The van der Waals surface area contributed by atoms with Gasteiger partial charge in [-0.25, -0.2) is 4.39 Å². The van der Waals surface area contributed by atoms with Crippen molar-refractivity contribution in [1.82, 2.24) is 5.32 Å². The number of nitrogens with one attached hydrogen (secondary N) is 1. The van der Waals surface area contributed by atoms with Crippen LogP contribution in [-0.2, 0) is 16.0 Å². The Kier molecular flexibility index (Phi) is 5.91. The molecule has 0 bridgehead atoms. The first-order chi connectivity index (χ1) is 11.8. The van der Waals surface area contributed by atoms with Crippen LogP contribution in [0.5, 0.6) is 0 Å². The van der Waals surface area contributed by atoms with Gasteiger partial charge < -0.3 is 10.2 Å². The van der Waals surface area contributed by atoms with Gasteiger partial charge in [0, 0.05) is 19.3 Å². The summed E-state index contributed by atoms with van der Waals surface area (Å²) in [5.41, 5.74) is 0.0351. The lowest BCUT2D eigenvalue weighted by Crippen LogP contribution is -2.49. The highest BCUT2D eigenvalue weighted by Crippen LogP contribution is 2.23. The summed E-state index contributed by atoms with van der Waals surface area (Å²) in [5, 5.41) is 2.73. The van der Waals surface area contributed by atoms with Gasteiger partial charge in [-0.1, -0.05) is 36.4 Å². The van der Waals surface area contributed by atoms with Gasteiger partial charge in [-0.15, -0.1) is 0 Å². The second kappa shape index (κ2) is 7.92. The van der Waals surface area contributed by atoms with E-state index in [1.54, 1.807) is 39.1 Å². The predicted molar refractivity (Wildman–Crippen MR) is 96.7 cm³/mol. The Hall–Kier alpha value is -2.69. The maximum atomic E-state index is 13.6. The molecule has 2 rings (SSSR count). The molecule has 0 spiro atoms. The van der Waals surface area contributed by atoms with Crippen LogP contribution in [0.15, 0.2) is 54.6 Å². The number of anilines is 1. The minimum atomic E-state index is -1.22. The highest BCUT2D eigenvalue weighted by molar-refractivity contribution is 6.10. The van der Waals surface area contributed by atoms with Crippen LogP contribution in [0.25, 0.3) is 0 Å². The number of hydrogen-bond donors (Lipinski definition) is 1. The maximum Gasteiger partial charge on any atom is 0.241 e. The molecule has 0 unspecified atom stereocenters. The zero-order valence-corrected chi connectivity index (χ0v) is 14.8. The average molecular weight is 342 g/mol. The molecule has 4 nitrogen and oxygen atoms in total. The van der Waals surface area contributed by atoms with Crippen LogP contribution in [0.4, 0.5) is 10.1 Å². The van der Waals surface area contributed by atoms with Crippen LogP contribution in [0, 0.1) is 11.2 Å². The number of rotatable bonds is 6. The van der Waals surface area contributed by atoms with Gasteiger partial charge in [-0.2, -0.15) is 0 Å². The van der Waals surface area contributed by atoms with E-state index in [2.05, 4.69) is 5.32 Å². The van der Waals surface area contributed by atoms with Gasteiger partial charge in [0.05, 0.1) is 0 Å². The first-order valence-corrected chi connectivity index (χ1v) is 8.19. The van der Waals surface area contributed by atoms with E-state index in [0.29, 0.717) is 12.0 Å². The number of para-hydroxylation sites is 1. The zero-order chi connectivity index (χ0) is 18.4. The number of carbonyl (C=O) groups is 2. The second-order valence-electron chi connectivity index (χ2n) is 6.42. The third-order valence-corrected chi connectivity index (χ3v) is 4.19. The minimum Gasteiger partial charge on any atom is -0.355 e. The summed E-state index contributed by atoms with van der Waals surface area (Å²) >= 11 is 0. The molecular formula is C20H23FN2O2. The summed E-state index contributed by atoms with van der Waals surface area (Å²) in [6, 6.07) is 15.6.